The first-order valence-electron chi connectivity index (χ1n) is 9.68. The number of anilines is 2. The van der Waals surface area contributed by atoms with E-state index in [1.165, 1.54) is 0 Å². The van der Waals surface area contributed by atoms with Crippen molar-refractivity contribution in [2.45, 2.75) is 13.3 Å². The van der Waals surface area contributed by atoms with Crippen molar-refractivity contribution in [3.8, 4) is 0 Å². The van der Waals surface area contributed by atoms with Crippen molar-refractivity contribution in [1.29, 1.82) is 0 Å². The first kappa shape index (κ1) is 24.9. The van der Waals surface area contributed by atoms with Gasteiger partial charge in [0.25, 0.3) is 0 Å². The van der Waals surface area contributed by atoms with Crippen molar-refractivity contribution < 1.29 is 9.59 Å². The second-order valence-electron chi connectivity index (χ2n) is 7.09. The number of piperazine rings is 1. The third kappa shape index (κ3) is 6.57. The molecule has 0 atom stereocenters. The molecule has 1 fully saturated rings. The number of nitrogens with one attached hydrogen (secondary N) is 2. The topological polar surface area (TPSA) is 94.9 Å². The van der Waals surface area contributed by atoms with Gasteiger partial charge in [-0.3, -0.25) is 19.3 Å². The summed E-state index contributed by atoms with van der Waals surface area (Å²) in [6.45, 7) is 3.70. The van der Waals surface area contributed by atoms with Crippen molar-refractivity contribution in [1.82, 2.24) is 20.0 Å². The fraction of sp³-hybridized carbons (Fsp3) is 0.400. The molecule has 2 amide bonds. The lowest BCUT2D eigenvalue weighted by atomic mass is 10.2. The van der Waals surface area contributed by atoms with Crippen molar-refractivity contribution >= 4 is 64.7 Å². The van der Waals surface area contributed by atoms with Gasteiger partial charge in [-0.15, -0.1) is 24.0 Å². The van der Waals surface area contributed by atoms with Gasteiger partial charge < -0.3 is 20.4 Å². The number of hydrogen-bond acceptors (Lipinski definition) is 4. The van der Waals surface area contributed by atoms with Gasteiger partial charge in [0.1, 0.15) is 6.54 Å². The molecule has 0 unspecified atom stereocenters. The van der Waals surface area contributed by atoms with E-state index in [0.717, 1.165) is 11.3 Å². The zero-order valence-electron chi connectivity index (χ0n) is 17.8. The van der Waals surface area contributed by atoms with Gasteiger partial charge in [0.2, 0.25) is 11.8 Å². The summed E-state index contributed by atoms with van der Waals surface area (Å²) in [5, 5.41) is 10.6. The molecule has 1 saturated heterocycles. The maximum absolute atomic E-state index is 12.6. The zero-order valence-corrected chi connectivity index (χ0v) is 20.8. The van der Waals surface area contributed by atoms with E-state index >= 15 is 0 Å². The van der Waals surface area contributed by atoms with Crippen LogP contribution in [0.4, 0.5) is 11.4 Å². The SMILES string of the molecule is CN=C(NCCC(=O)Nc1ccc(C)cc1Cl)N1CCN(c2cnn(C)c2)C(=O)C1.I. The number of aliphatic imine (C=N–C) groups is 1. The summed E-state index contributed by atoms with van der Waals surface area (Å²) in [6.07, 6.45) is 3.74. The first-order valence-corrected chi connectivity index (χ1v) is 10.1. The fourth-order valence-corrected chi connectivity index (χ4v) is 3.51. The van der Waals surface area contributed by atoms with E-state index in [9.17, 15) is 9.59 Å². The molecule has 0 radical (unpaired) electrons. The zero-order chi connectivity index (χ0) is 21.7. The van der Waals surface area contributed by atoms with Crippen LogP contribution < -0.4 is 15.5 Å². The minimum Gasteiger partial charge on any atom is -0.356 e. The summed E-state index contributed by atoms with van der Waals surface area (Å²) >= 11 is 6.16. The Kier molecular flexibility index (Phi) is 9.11. The van der Waals surface area contributed by atoms with E-state index in [1.54, 1.807) is 35.0 Å². The number of carbonyl (C=O) groups is 2. The van der Waals surface area contributed by atoms with E-state index < -0.39 is 0 Å². The molecule has 0 aliphatic carbocycles. The lowest BCUT2D eigenvalue weighted by Crippen LogP contribution is -2.55. The Hall–Kier alpha value is -2.34. The molecule has 0 spiro atoms. The number of benzene rings is 1. The van der Waals surface area contributed by atoms with Gasteiger partial charge >= 0.3 is 0 Å². The second kappa shape index (κ2) is 11.3. The molecule has 0 bridgehead atoms. The van der Waals surface area contributed by atoms with Crippen LogP contribution in [0.15, 0.2) is 35.6 Å². The van der Waals surface area contributed by atoms with Crippen LogP contribution in [-0.4, -0.2) is 65.7 Å². The molecule has 2 heterocycles. The minimum atomic E-state index is -0.152. The van der Waals surface area contributed by atoms with Crippen molar-refractivity contribution in [3.05, 3.63) is 41.2 Å². The van der Waals surface area contributed by atoms with Gasteiger partial charge in [0.05, 0.1) is 22.6 Å². The number of rotatable bonds is 5. The van der Waals surface area contributed by atoms with Crippen LogP contribution in [-0.2, 0) is 16.6 Å². The Morgan fingerprint density at radius 3 is 2.71 bits per heavy atom. The van der Waals surface area contributed by atoms with Gasteiger partial charge in [-0.05, 0) is 24.6 Å². The third-order valence-electron chi connectivity index (χ3n) is 4.77. The Bertz CT molecular complexity index is 963. The molecular weight excluding hydrogens is 533 g/mol. The molecular formula is C20H27ClIN7O2. The second-order valence-corrected chi connectivity index (χ2v) is 7.50. The highest BCUT2D eigenvalue weighted by atomic mass is 127. The Balaban J connectivity index is 0.00000341. The maximum Gasteiger partial charge on any atom is 0.246 e. The summed E-state index contributed by atoms with van der Waals surface area (Å²) in [5.74, 6) is 0.417. The molecule has 168 valence electrons. The molecule has 1 aromatic carbocycles. The van der Waals surface area contributed by atoms with Gasteiger partial charge in [-0.2, -0.15) is 5.10 Å². The lowest BCUT2D eigenvalue weighted by molar-refractivity contribution is -0.120. The number of aryl methyl sites for hydroxylation is 2. The Morgan fingerprint density at radius 2 is 2.10 bits per heavy atom. The van der Waals surface area contributed by atoms with Gasteiger partial charge in [-0.1, -0.05) is 17.7 Å². The number of hydrogen-bond donors (Lipinski definition) is 2. The van der Waals surface area contributed by atoms with Crippen LogP contribution in [0.2, 0.25) is 5.02 Å². The molecule has 1 aliphatic rings. The van der Waals surface area contributed by atoms with Gasteiger partial charge in [-0.25, -0.2) is 0 Å². The Labute approximate surface area is 203 Å². The largest absolute Gasteiger partial charge is 0.356 e. The predicted molar refractivity (Wildman–Crippen MR) is 133 cm³/mol. The van der Waals surface area contributed by atoms with Crippen LogP contribution >= 0.6 is 35.6 Å². The minimum absolute atomic E-state index is 0. The van der Waals surface area contributed by atoms with E-state index in [4.69, 9.17) is 11.6 Å². The number of guanidine groups is 1. The maximum atomic E-state index is 12.6. The van der Waals surface area contributed by atoms with Crippen LogP contribution in [0, 0.1) is 6.92 Å². The summed E-state index contributed by atoms with van der Waals surface area (Å²) in [6, 6.07) is 5.48. The molecule has 1 aromatic heterocycles. The fourth-order valence-electron chi connectivity index (χ4n) is 3.23. The van der Waals surface area contributed by atoms with Crippen LogP contribution in [0.5, 0.6) is 0 Å². The molecule has 31 heavy (non-hydrogen) atoms. The highest BCUT2D eigenvalue weighted by molar-refractivity contribution is 14.0. The number of halogens is 2. The summed E-state index contributed by atoms with van der Waals surface area (Å²) in [4.78, 5) is 32.6. The van der Waals surface area contributed by atoms with E-state index in [2.05, 4.69) is 20.7 Å². The average molecular weight is 560 g/mol. The van der Waals surface area contributed by atoms with Crippen molar-refractivity contribution in [2.75, 3.05) is 43.4 Å². The van der Waals surface area contributed by atoms with Crippen LogP contribution in [0.1, 0.15) is 12.0 Å². The highest BCUT2D eigenvalue weighted by Gasteiger charge is 2.27. The van der Waals surface area contributed by atoms with E-state index in [0.29, 0.717) is 36.3 Å². The Morgan fingerprint density at radius 1 is 1.32 bits per heavy atom. The average Bonchev–Trinajstić information content (AvgIpc) is 3.13. The number of amides is 2. The van der Waals surface area contributed by atoms with Crippen molar-refractivity contribution in [2.24, 2.45) is 12.0 Å². The summed E-state index contributed by atoms with van der Waals surface area (Å²) in [7, 11) is 3.48. The van der Waals surface area contributed by atoms with Crippen LogP contribution in [0.3, 0.4) is 0 Å². The molecule has 3 rings (SSSR count). The van der Waals surface area contributed by atoms with E-state index in [1.807, 2.05) is 31.1 Å². The quantitative estimate of drug-likeness (QED) is 0.333. The smallest absolute Gasteiger partial charge is 0.246 e. The highest BCUT2D eigenvalue weighted by Crippen LogP contribution is 2.22. The van der Waals surface area contributed by atoms with Gasteiger partial charge in [0.15, 0.2) is 5.96 Å². The molecule has 2 N–H and O–H groups in total. The molecule has 11 heteroatoms. The molecule has 1 aliphatic heterocycles. The van der Waals surface area contributed by atoms with Gasteiger partial charge in [0, 0.05) is 46.3 Å². The van der Waals surface area contributed by atoms with Crippen LogP contribution in [0.25, 0.3) is 0 Å². The number of aromatic nitrogens is 2. The monoisotopic (exact) mass is 559 g/mol. The summed E-state index contributed by atoms with van der Waals surface area (Å²) < 4.78 is 1.67. The molecule has 2 aromatic rings. The molecule has 9 nitrogen and oxygen atoms in total. The van der Waals surface area contributed by atoms with Crippen molar-refractivity contribution in [3.63, 3.8) is 0 Å². The first-order chi connectivity index (χ1) is 14.4. The van der Waals surface area contributed by atoms with E-state index in [-0.39, 0.29) is 48.8 Å². The number of nitrogens with zero attached hydrogens (tertiary/aromatic N) is 5. The lowest BCUT2D eigenvalue weighted by Gasteiger charge is -2.35. The standard InChI is InChI=1S/C20H26ClN7O2.HI/c1-14-4-5-17(16(21)10-14)25-18(29)6-7-23-20(22-2)27-8-9-28(19(30)13-27)15-11-24-26(3)12-15;/h4-5,10-12H,6-9,13H2,1-3H3,(H,22,23)(H,25,29);1H. The normalized spacial score (nSPS) is 14.3. The third-order valence-corrected chi connectivity index (χ3v) is 5.08. The molecule has 0 saturated carbocycles. The summed E-state index contributed by atoms with van der Waals surface area (Å²) in [5.41, 5.74) is 2.41. The predicted octanol–water partition coefficient (Wildman–Crippen LogP) is 2.25. The number of carbonyl (C=O) groups excluding carboxylic acids is 2.